The number of hydrogen-bond acceptors (Lipinski definition) is 3. The quantitative estimate of drug-likeness (QED) is 0.880. The summed E-state index contributed by atoms with van der Waals surface area (Å²) in [5.74, 6) is 0. The van der Waals surface area contributed by atoms with Gasteiger partial charge in [-0.2, -0.15) is 10.2 Å². The van der Waals surface area contributed by atoms with Crippen molar-refractivity contribution in [1.29, 1.82) is 0 Å². The molecule has 1 atom stereocenters. The average molecular weight is 276 g/mol. The first kappa shape index (κ1) is 14.8. The van der Waals surface area contributed by atoms with Crippen molar-refractivity contribution in [3.05, 3.63) is 34.9 Å². The Morgan fingerprint density at radius 3 is 2.45 bits per heavy atom. The van der Waals surface area contributed by atoms with Gasteiger partial charge in [0.2, 0.25) is 0 Å². The molecule has 110 valence electrons. The Balaban J connectivity index is 2.40. The molecule has 20 heavy (non-hydrogen) atoms. The number of aliphatic hydroxyl groups excluding tert-OH is 1. The van der Waals surface area contributed by atoms with Crippen molar-refractivity contribution in [2.24, 2.45) is 7.05 Å². The van der Waals surface area contributed by atoms with Gasteiger partial charge in [0.15, 0.2) is 0 Å². The number of aryl methyl sites for hydroxylation is 2. The highest BCUT2D eigenvalue weighted by Crippen LogP contribution is 2.26. The summed E-state index contributed by atoms with van der Waals surface area (Å²) in [7, 11) is 1.91. The highest BCUT2D eigenvalue weighted by molar-refractivity contribution is 5.29. The molecule has 0 aliphatic rings. The minimum absolute atomic E-state index is 0.419. The molecule has 2 aromatic rings. The van der Waals surface area contributed by atoms with Gasteiger partial charge in [-0.1, -0.05) is 20.8 Å². The fourth-order valence-corrected chi connectivity index (χ4v) is 2.62. The van der Waals surface area contributed by atoms with E-state index in [0.29, 0.717) is 6.54 Å². The predicted molar refractivity (Wildman–Crippen MR) is 78.5 cm³/mol. The van der Waals surface area contributed by atoms with Gasteiger partial charge in [-0.3, -0.25) is 9.36 Å². The molecule has 5 nitrogen and oxygen atoms in total. The largest absolute Gasteiger partial charge is 0.388 e. The SMILES string of the molecule is CCc1nn(Cc2ccn(C)n2)c(CC)c1C(O)CC. The van der Waals surface area contributed by atoms with Gasteiger partial charge < -0.3 is 5.11 Å². The maximum absolute atomic E-state index is 10.3. The lowest BCUT2D eigenvalue weighted by Crippen LogP contribution is -2.08. The van der Waals surface area contributed by atoms with Crippen LogP contribution in [0.5, 0.6) is 0 Å². The summed E-state index contributed by atoms with van der Waals surface area (Å²) in [4.78, 5) is 0. The van der Waals surface area contributed by atoms with Crippen LogP contribution in [0.3, 0.4) is 0 Å². The Morgan fingerprint density at radius 2 is 1.95 bits per heavy atom. The van der Waals surface area contributed by atoms with Crippen LogP contribution in [0, 0.1) is 0 Å². The van der Waals surface area contributed by atoms with Crippen LogP contribution >= 0.6 is 0 Å². The number of hydrogen-bond donors (Lipinski definition) is 1. The van der Waals surface area contributed by atoms with Crippen LogP contribution in [0.1, 0.15) is 55.9 Å². The zero-order chi connectivity index (χ0) is 14.7. The lowest BCUT2D eigenvalue weighted by Gasteiger charge is -2.11. The van der Waals surface area contributed by atoms with Crippen LogP contribution in [0.2, 0.25) is 0 Å². The summed E-state index contributed by atoms with van der Waals surface area (Å²) in [6.45, 7) is 6.85. The molecule has 0 saturated heterocycles. The Bertz CT molecular complexity index is 570. The van der Waals surface area contributed by atoms with E-state index >= 15 is 0 Å². The van der Waals surface area contributed by atoms with E-state index in [2.05, 4.69) is 24.0 Å². The third-order valence-corrected chi connectivity index (χ3v) is 3.65. The van der Waals surface area contributed by atoms with E-state index < -0.39 is 6.10 Å². The lowest BCUT2D eigenvalue weighted by molar-refractivity contribution is 0.171. The fourth-order valence-electron chi connectivity index (χ4n) is 2.62. The van der Waals surface area contributed by atoms with Crippen LogP contribution in [-0.2, 0) is 26.4 Å². The molecule has 0 saturated carbocycles. The van der Waals surface area contributed by atoms with Gasteiger partial charge in [0.05, 0.1) is 24.0 Å². The molecule has 2 heterocycles. The van der Waals surface area contributed by atoms with E-state index in [0.717, 1.165) is 41.9 Å². The van der Waals surface area contributed by atoms with E-state index in [1.165, 1.54) is 0 Å². The first-order valence-corrected chi connectivity index (χ1v) is 7.35. The summed E-state index contributed by atoms with van der Waals surface area (Å²) in [6.07, 6.45) is 3.95. The molecule has 0 aliphatic heterocycles. The average Bonchev–Trinajstić information content (AvgIpc) is 3.01. The number of nitrogens with zero attached hydrogens (tertiary/aromatic N) is 4. The number of rotatable bonds is 6. The summed E-state index contributed by atoms with van der Waals surface area (Å²) in [5, 5.41) is 19.3. The van der Waals surface area contributed by atoms with Gasteiger partial charge >= 0.3 is 0 Å². The Hall–Kier alpha value is -1.62. The number of aliphatic hydroxyl groups is 1. The highest BCUT2D eigenvalue weighted by atomic mass is 16.3. The first-order valence-electron chi connectivity index (χ1n) is 7.35. The van der Waals surface area contributed by atoms with Crippen LogP contribution < -0.4 is 0 Å². The van der Waals surface area contributed by atoms with Crippen LogP contribution in [0.25, 0.3) is 0 Å². The minimum Gasteiger partial charge on any atom is -0.388 e. The number of aromatic nitrogens is 4. The van der Waals surface area contributed by atoms with E-state index in [4.69, 9.17) is 0 Å². The van der Waals surface area contributed by atoms with Crippen molar-refractivity contribution in [2.75, 3.05) is 0 Å². The highest BCUT2D eigenvalue weighted by Gasteiger charge is 2.21. The van der Waals surface area contributed by atoms with E-state index in [1.54, 1.807) is 4.68 Å². The maximum atomic E-state index is 10.3. The molecule has 0 bridgehead atoms. The van der Waals surface area contributed by atoms with Crippen LogP contribution in [0.15, 0.2) is 12.3 Å². The molecule has 5 heteroatoms. The molecule has 2 aromatic heterocycles. The van der Waals surface area contributed by atoms with Gasteiger partial charge in [-0.05, 0) is 25.3 Å². The van der Waals surface area contributed by atoms with Crippen molar-refractivity contribution < 1.29 is 5.11 Å². The minimum atomic E-state index is -0.419. The van der Waals surface area contributed by atoms with Gasteiger partial charge in [-0.15, -0.1) is 0 Å². The summed E-state index contributed by atoms with van der Waals surface area (Å²) in [5.41, 5.74) is 4.15. The van der Waals surface area contributed by atoms with Gasteiger partial charge in [0, 0.05) is 24.5 Å². The van der Waals surface area contributed by atoms with Crippen molar-refractivity contribution in [3.8, 4) is 0 Å². The Kier molecular flexibility index (Phi) is 4.60. The molecule has 2 rings (SSSR count). The van der Waals surface area contributed by atoms with Crippen molar-refractivity contribution in [3.63, 3.8) is 0 Å². The summed E-state index contributed by atoms with van der Waals surface area (Å²) in [6, 6.07) is 2.00. The second kappa shape index (κ2) is 6.22. The summed E-state index contributed by atoms with van der Waals surface area (Å²) >= 11 is 0. The Labute approximate surface area is 120 Å². The molecule has 0 fully saturated rings. The molecular weight excluding hydrogens is 252 g/mol. The molecule has 0 amide bonds. The van der Waals surface area contributed by atoms with Crippen LogP contribution in [0.4, 0.5) is 0 Å². The second-order valence-corrected chi connectivity index (χ2v) is 5.08. The van der Waals surface area contributed by atoms with E-state index in [1.807, 2.05) is 30.9 Å². The molecular formula is C15H24N4O. The molecule has 1 unspecified atom stereocenters. The zero-order valence-corrected chi connectivity index (χ0v) is 12.8. The molecule has 0 aromatic carbocycles. The van der Waals surface area contributed by atoms with Crippen LogP contribution in [-0.4, -0.2) is 24.7 Å². The monoisotopic (exact) mass is 276 g/mol. The summed E-state index contributed by atoms with van der Waals surface area (Å²) < 4.78 is 3.79. The fraction of sp³-hybridized carbons (Fsp3) is 0.600. The maximum Gasteiger partial charge on any atom is 0.0853 e. The molecule has 1 N–H and O–H groups in total. The van der Waals surface area contributed by atoms with E-state index in [9.17, 15) is 5.11 Å². The van der Waals surface area contributed by atoms with Crippen molar-refractivity contribution in [2.45, 2.75) is 52.7 Å². The molecule has 0 radical (unpaired) electrons. The van der Waals surface area contributed by atoms with Gasteiger partial charge in [0.25, 0.3) is 0 Å². The third kappa shape index (κ3) is 2.77. The first-order chi connectivity index (χ1) is 9.60. The normalized spacial score (nSPS) is 12.8. The zero-order valence-electron chi connectivity index (χ0n) is 12.8. The predicted octanol–water partition coefficient (Wildman–Crippen LogP) is 2.23. The Morgan fingerprint density at radius 1 is 1.20 bits per heavy atom. The van der Waals surface area contributed by atoms with Crippen molar-refractivity contribution in [1.82, 2.24) is 19.6 Å². The molecule has 0 spiro atoms. The third-order valence-electron chi connectivity index (χ3n) is 3.65. The van der Waals surface area contributed by atoms with E-state index in [-0.39, 0.29) is 0 Å². The van der Waals surface area contributed by atoms with Crippen molar-refractivity contribution >= 4 is 0 Å². The standard InChI is InChI=1S/C15H24N4O/c1-5-12-15(14(20)7-3)13(6-2)19(17-12)10-11-8-9-18(4)16-11/h8-9,14,20H,5-7,10H2,1-4H3. The smallest absolute Gasteiger partial charge is 0.0853 e. The van der Waals surface area contributed by atoms with Gasteiger partial charge in [-0.25, -0.2) is 0 Å². The molecule has 0 aliphatic carbocycles. The lowest BCUT2D eigenvalue weighted by atomic mass is 10.0. The van der Waals surface area contributed by atoms with Gasteiger partial charge in [0.1, 0.15) is 0 Å². The second-order valence-electron chi connectivity index (χ2n) is 5.08. The topological polar surface area (TPSA) is 55.9 Å².